The van der Waals surface area contributed by atoms with Crippen LogP contribution in [-0.2, 0) is 20.9 Å². The smallest absolute Gasteiger partial charge is 0.408 e. The lowest BCUT2D eigenvalue weighted by molar-refractivity contribution is -0.142. The van der Waals surface area contributed by atoms with Gasteiger partial charge in [-0.3, -0.25) is 9.59 Å². The van der Waals surface area contributed by atoms with E-state index in [0.29, 0.717) is 13.1 Å². The molecule has 0 aromatic heterocycles. The average molecular weight is 510 g/mol. The van der Waals surface area contributed by atoms with Crippen molar-refractivity contribution < 1.29 is 19.1 Å². The van der Waals surface area contributed by atoms with Crippen molar-refractivity contribution in [3.63, 3.8) is 0 Å². The Bertz CT molecular complexity index is 1020. The van der Waals surface area contributed by atoms with Crippen LogP contribution < -0.4 is 10.6 Å². The first-order valence-corrected chi connectivity index (χ1v) is 13.2. The number of alkyl carbamates (subject to hydrolysis) is 1. The molecule has 202 valence electrons. The maximum absolute atomic E-state index is 13.8. The topological polar surface area (TPSA) is 87.7 Å². The lowest BCUT2D eigenvalue weighted by Crippen LogP contribution is -2.52. The number of nitrogens with zero attached hydrogens (tertiary/aromatic N) is 1. The summed E-state index contributed by atoms with van der Waals surface area (Å²) in [7, 11) is 0. The highest BCUT2D eigenvalue weighted by Gasteiger charge is 2.34. The van der Waals surface area contributed by atoms with Crippen LogP contribution >= 0.6 is 0 Å². The highest BCUT2D eigenvalue weighted by atomic mass is 16.6. The molecule has 0 fully saturated rings. The third-order valence-corrected chi connectivity index (χ3v) is 5.87. The Balaban J connectivity index is 2.35. The Morgan fingerprint density at radius 3 is 2.30 bits per heavy atom. The molecule has 2 unspecified atom stereocenters. The van der Waals surface area contributed by atoms with Crippen LogP contribution in [0.5, 0.6) is 0 Å². The van der Waals surface area contributed by atoms with Gasteiger partial charge in [0.2, 0.25) is 11.8 Å². The van der Waals surface area contributed by atoms with Crippen LogP contribution in [0, 0.1) is 6.92 Å². The summed E-state index contributed by atoms with van der Waals surface area (Å²) in [6.07, 6.45) is 3.14. The number of rotatable bonds is 12. The molecule has 0 aliphatic rings. The predicted molar refractivity (Wildman–Crippen MR) is 147 cm³/mol. The summed E-state index contributed by atoms with van der Waals surface area (Å²) < 4.78 is 5.35. The molecule has 0 spiro atoms. The van der Waals surface area contributed by atoms with Gasteiger partial charge < -0.3 is 20.3 Å². The summed E-state index contributed by atoms with van der Waals surface area (Å²) in [5.41, 5.74) is 2.02. The zero-order valence-electron chi connectivity index (χ0n) is 23.2. The number of carbonyl (C=O) groups excluding carboxylic acids is 3. The summed E-state index contributed by atoms with van der Waals surface area (Å²) in [6.45, 7) is 11.8. The van der Waals surface area contributed by atoms with E-state index in [9.17, 15) is 14.4 Å². The first-order valence-electron chi connectivity index (χ1n) is 13.2. The number of aryl methyl sites for hydroxylation is 1. The van der Waals surface area contributed by atoms with Gasteiger partial charge in [-0.25, -0.2) is 4.79 Å². The van der Waals surface area contributed by atoms with Gasteiger partial charge in [-0.1, -0.05) is 86.3 Å². The van der Waals surface area contributed by atoms with Crippen molar-refractivity contribution in [1.29, 1.82) is 0 Å². The van der Waals surface area contributed by atoms with E-state index in [-0.39, 0.29) is 11.8 Å². The van der Waals surface area contributed by atoms with E-state index >= 15 is 0 Å². The first kappa shape index (κ1) is 29.9. The molecular formula is C30H43N3O4. The third kappa shape index (κ3) is 10.3. The molecule has 2 aromatic rings. The van der Waals surface area contributed by atoms with Gasteiger partial charge in [0.1, 0.15) is 17.7 Å². The molecule has 3 amide bonds. The second-order valence-electron chi connectivity index (χ2n) is 10.5. The molecule has 7 heteroatoms. The van der Waals surface area contributed by atoms with Gasteiger partial charge in [-0.05, 0) is 52.2 Å². The van der Waals surface area contributed by atoms with E-state index in [1.807, 2.05) is 61.5 Å². The van der Waals surface area contributed by atoms with Crippen molar-refractivity contribution in [2.75, 3.05) is 6.54 Å². The lowest BCUT2D eigenvalue weighted by Gasteiger charge is -2.34. The fourth-order valence-corrected chi connectivity index (χ4v) is 4.07. The van der Waals surface area contributed by atoms with Crippen molar-refractivity contribution in [1.82, 2.24) is 15.5 Å². The highest BCUT2D eigenvalue weighted by molar-refractivity contribution is 5.92. The van der Waals surface area contributed by atoms with Gasteiger partial charge in [0.25, 0.3) is 0 Å². The van der Waals surface area contributed by atoms with E-state index < -0.39 is 23.8 Å². The Morgan fingerprint density at radius 2 is 1.68 bits per heavy atom. The largest absolute Gasteiger partial charge is 0.444 e. The number of ether oxygens (including phenoxy) is 1. The minimum Gasteiger partial charge on any atom is -0.444 e. The summed E-state index contributed by atoms with van der Waals surface area (Å²) in [5.74, 6) is -0.591. The van der Waals surface area contributed by atoms with E-state index in [0.717, 1.165) is 42.4 Å². The molecule has 0 saturated carbocycles. The number of carbonyl (C=O) groups is 3. The molecule has 37 heavy (non-hydrogen) atoms. The van der Waals surface area contributed by atoms with Crippen LogP contribution in [0.3, 0.4) is 0 Å². The predicted octanol–water partition coefficient (Wildman–Crippen LogP) is 5.67. The minimum absolute atomic E-state index is 0.261. The fourth-order valence-electron chi connectivity index (χ4n) is 4.07. The zero-order chi connectivity index (χ0) is 27.4. The van der Waals surface area contributed by atoms with Gasteiger partial charge in [0.15, 0.2) is 0 Å². The van der Waals surface area contributed by atoms with Gasteiger partial charge >= 0.3 is 6.09 Å². The Kier molecular flexibility index (Phi) is 11.6. The molecule has 2 aromatic carbocycles. The molecule has 0 radical (unpaired) electrons. The van der Waals surface area contributed by atoms with Crippen LogP contribution in [0.1, 0.15) is 83.0 Å². The van der Waals surface area contributed by atoms with Crippen LogP contribution in [-0.4, -0.2) is 41.0 Å². The number of nitrogens with one attached hydrogen (secondary N) is 2. The second-order valence-corrected chi connectivity index (χ2v) is 10.5. The molecule has 0 bridgehead atoms. The molecule has 7 nitrogen and oxygen atoms in total. The maximum atomic E-state index is 13.8. The summed E-state index contributed by atoms with van der Waals surface area (Å²) in [6, 6.07) is 15.6. The summed E-state index contributed by atoms with van der Waals surface area (Å²) in [5, 5.41) is 5.67. The third-order valence-electron chi connectivity index (χ3n) is 5.87. The van der Waals surface area contributed by atoms with Crippen molar-refractivity contribution in [2.45, 2.75) is 91.5 Å². The number of hydrogen-bond donors (Lipinski definition) is 2. The van der Waals surface area contributed by atoms with E-state index in [4.69, 9.17) is 4.74 Å². The summed E-state index contributed by atoms with van der Waals surface area (Å²) >= 11 is 0. The Hall–Kier alpha value is -3.35. The van der Waals surface area contributed by atoms with Gasteiger partial charge in [0.05, 0.1) is 0 Å². The molecule has 0 saturated heterocycles. The van der Waals surface area contributed by atoms with Crippen LogP contribution in [0.2, 0.25) is 0 Å². The quantitative estimate of drug-likeness (QED) is 0.361. The Labute approximate surface area is 222 Å². The molecule has 0 aliphatic heterocycles. The van der Waals surface area contributed by atoms with E-state index in [1.165, 1.54) is 0 Å². The average Bonchev–Trinajstić information content (AvgIpc) is 2.83. The van der Waals surface area contributed by atoms with Crippen LogP contribution in [0.4, 0.5) is 4.79 Å². The molecular weight excluding hydrogens is 466 g/mol. The van der Waals surface area contributed by atoms with E-state index in [1.54, 1.807) is 32.6 Å². The molecule has 0 aliphatic carbocycles. The van der Waals surface area contributed by atoms with Gasteiger partial charge in [-0.2, -0.15) is 0 Å². The van der Waals surface area contributed by atoms with Crippen LogP contribution in [0.15, 0.2) is 54.6 Å². The molecule has 0 heterocycles. The van der Waals surface area contributed by atoms with Crippen LogP contribution in [0.25, 0.3) is 0 Å². The second kappa shape index (κ2) is 14.4. The fraction of sp³-hybridized carbons (Fsp3) is 0.500. The zero-order valence-corrected chi connectivity index (χ0v) is 23.2. The Morgan fingerprint density at radius 1 is 0.973 bits per heavy atom. The lowest BCUT2D eigenvalue weighted by atomic mass is 10.00. The summed E-state index contributed by atoms with van der Waals surface area (Å²) in [4.78, 5) is 41.4. The number of hydrogen-bond acceptors (Lipinski definition) is 4. The maximum Gasteiger partial charge on any atom is 0.408 e. The minimum atomic E-state index is -0.866. The van der Waals surface area contributed by atoms with Crippen molar-refractivity contribution >= 4 is 17.9 Å². The van der Waals surface area contributed by atoms with Crippen molar-refractivity contribution in [3.05, 3.63) is 71.3 Å². The number of unbranched alkanes of at least 4 members (excludes halogenated alkanes) is 3. The van der Waals surface area contributed by atoms with E-state index in [2.05, 4.69) is 17.6 Å². The monoisotopic (exact) mass is 509 g/mol. The van der Waals surface area contributed by atoms with Gasteiger partial charge in [-0.15, -0.1) is 0 Å². The molecule has 2 atom stereocenters. The number of benzene rings is 2. The number of amides is 3. The molecule has 2 N–H and O–H groups in total. The first-order chi connectivity index (χ1) is 17.5. The SMILES string of the molecule is CCCCCCN(C(=O)C(C)NC(=O)OC(C)(C)C)C(C(=O)NCc1ccccc1)c1cccc(C)c1. The molecule has 2 rings (SSSR count). The standard InChI is InChI=1S/C30H43N3O4/c1-7-8-9-13-19-33(28(35)23(3)32-29(36)37-30(4,5)6)26(25-18-14-15-22(2)20-25)27(34)31-21-24-16-11-10-12-17-24/h10-12,14-18,20,23,26H,7-9,13,19,21H2,1-6H3,(H,31,34)(H,32,36). The normalized spacial score (nSPS) is 12.8. The van der Waals surface area contributed by atoms with Gasteiger partial charge in [0, 0.05) is 13.1 Å². The highest BCUT2D eigenvalue weighted by Crippen LogP contribution is 2.25. The van der Waals surface area contributed by atoms with Crippen molar-refractivity contribution in [3.8, 4) is 0 Å². The van der Waals surface area contributed by atoms with Crippen molar-refractivity contribution in [2.24, 2.45) is 0 Å².